The predicted molar refractivity (Wildman–Crippen MR) is 138 cm³/mol. The predicted octanol–water partition coefficient (Wildman–Crippen LogP) is 3.10. The topological polar surface area (TPSA) is 79.6 Å². The molecule has 5 rings (SSSR count). The minimum Gasteiger partial charge on any atom is -0.370 e. The van der Waals surface area contributed by atoms with Gasteiger partial charge in [-0.15, -0.1) is 0 Å². The minimum atomic E-state index is -4.30. The molecule has 4 aromatic rings. The van der Waals surface area contributed by atoms with Crippen LogP contribution >= 0.6 is 11.6 Å². The van der Waals surface area contributed by atoms with Crippen molar-refractivity contribution in [3.05, 3.63) is 71.4 Å². The quantitative estimate of drug-likeness (QED) is 0.388. The van der Waals surface area contributed by atoms with Gasteiger partial charge < -0.3 is 5.32 Å². The van der Waals surface area contributed by atoms with Crippen LogP contribution < -0.4 is 10.8 Å². The fourth-order valence-corrected chi connectivity index (χ4v) is 6.42. The first-order chi connectivity index (χ1) is 17.3. The summed E-state index contributed by atoms with van der Waals surface area (Å²) in [5, 5.41) is 8.38. The number of benzene rings is 2. The molecule has 1 N–H and O–H groups in total. The molecule has 1 atom stereocenters. The van der Waals surface area contributed by atoms with Crippen LogP contribution in [0.3, 0.4) is 0 Å². The summed E-state index contributed by atoms with van der Waals surface area (Å²) in [4.78, 5) is 3.84. The van der Waals surface area contributed by atoms with Gasteiger partial charge in [-0.1, -0.05) is 35.9 Å². The van der Waals surface area contributed by atoms with Crippen molar-refractivity contribution < 1.29 is 17.2 Å². The highest BCUT2D eigenvalue weighted by Crippen LogP contribution is 2.30. The molecule has 0 spiro atoms. The van der Waals surface area contributed by atoms with Gasteiger partial charge in [0.05, 0.1) is 5.69 Å². The second kappa shape index (κ2) is 9.80. The van der Waals surface area contributed by atoms with E-state index in [4.69, 9.17) is 16.6 Å². The monoisotopic (exact) mass is 529 g/mol. The van der Waals surface area contributed by atoms with Crippen LogP contribution in [0.1, 0.15) is 12.8 Å². The van der Waals surface area contributed by atoms with E-state index < -0.39 is 26.6 Å². The van der Waals surface area contributed by atoms with Crippen molar-refractivity contribution in [2.45, 2.75) is 17.7 Å². The third-order valence-electron chi connectivity index (χ3n) is 6.37. The number of hydrogen-bond acceptors (Lipinski definition) is 5. The summed E-state index contributed by atoms with van der Waals surface area (Å²) in [5.74, 6) is -1.57. The van der Waals surface area contributed by atoms with Crippen LogP contribution in [0.25, 0.3) is 16.9 Å². The lowest BCUT2D eigenvalue weighted by Crippen LogP contribution is -2.42. The lowest BCUT2D eigenvalue weighted by molar-refractivity contribution is 0.273. The normalized spacial score (nSPS) is 16.9. The van der Waals surface area contributed by atoms with Crippen molar-refractivity contribution in [1.82, 2.24) is 18.9 Å². The molecule has 0 aliphatic carbocycles. The summed E-state index contributed by atoms with van der Waals surface area (Å²) < 4.78 is 57.4. The number of aromatic nitrogens is 3. The Hall–Kier alpha value is -3.02. The fraction of sp³-hybridized carbons (Fsp3) is 0.250. The number of sulfonamides is 1. The van der Waals surface area contributed by atoms with E-state index in [0.717, 1.165) is 35.6 Å². The van der Waals surface area contributed by atoms with Crippen LogP contribution in [0.2, 0.25) is 5.02 Å². The van der Waals surface area contributed by atoms with Gasteiger partial charge in [0.2, 0.25) is 10.0 Å². The maximum atomic E-state index is 14.2. The number of rotatable bonds is 6. The van der Waals surface area contributed by atoms with Crippen molar-refractivity contribution in [2.24, 2.45) is 5.92 Å². The summed E-state index contributed by atoms with van der Waals surface area (Å²) in [5.41, 5.74) is 3.04. The molecule has 0 amide bonds. The molecule has 36 heavy (non-hydrogen) atoms. The van der Waals surface area contributed by atoms with E-state index in [1.165, 1.54) is 4.31 Å². The molecule has 186 valence electrons. The Morgan fingerprint density at radius 2 is 1.89 bits per heavy atom. The third-order valence-corrected chi connectivity index (χ3v) is 8.62. The smallest absolute Gasteiger partial charge is 0.248 e. The van der Waals surface area contributed by atoms with Crippen LogP contribution in [-0.2, 0) is 10.0 Å². The van der Waals surface area contributed by atoms with Gasteiger partial charge in [-0.3, -0.25) is 0 Å². The van der Waals surface area contributed by atoms with Gasteiger partial charge in [0, 0.05) is 42.5 Å². The van der Waals surface area contributed by atoms with E-state index in [1.54, 1.807) is 16.8 Å². The van der Waals surface area contributed by atoms with E-state index in [2.05, 4.69) is 10.4 Å². The van der Waals surface area contributed by atoms with E-state index >= 15 is 0 Å². The number of piperidine rings is 1. The summed E-state index contributed by atoms with van der Waals surface area (Å²) in [6.45, 7) is 0.791. The average Bonchev–Trinajstić information content (AvgIpc) is 3.23. The van der Waals surface area contributed by atoms with Gasteiger partial charge in [-0.25, -0.2) is 22.2 Å². The Kier molecular flexibility index (Phi) is 6.71. The number of nitrogens with one attached hydrogen (secondary N) is 1. The molecular weight excluding hydrogens is 507 g/mol. The summed E-state index contributed by atoms with van der Waals surface area (Å²) in [6, 6.07) is 12.3. The van der Waals surface area contributed by atoms with Gasteiger partial charge in [-0.2, -0.15) is 13.9 Å². The van der Waals surface area contributed by atoms with E-state index in [0.29, 0.717) is 35.1 Å². The molecule has 0 bridgehead atoms. The molecule has 1 unspecified atom stereocenters. The number of hydrogen-bond donors (Lipinski definition) is 1. The number of halogens is 3. The maximum Gasteiger partial charge on any atom is 0.248 e. The molecule has 2 aromatic carbocycles. The largest absolute Gasteiger partial charge is 0.370 e. The first-order valence-electron chi connectivity index (χ1n) is 11.5. The number of nitrogens with zero attached hydrogens (tertiary/aromatic N) is 4. The van der Waals surface area contributed by atoms with Gasteiger partial charge in [-0.05, 0) is 42.4 Å². The molecule has 1 fully saturated rings. The second-order valence-electron chi connectivity index (χ2n) is 8.87. The summed E-state index contributed by atoms with van der Waals surface area (Å²) in [7, 11) is -2.39. The van der Waals surface area contributed by atoms with E-state index in [-0.39, 0.29) is 19.0 Å². The molecule has 1 aliphatic rings. The molecule has 2 aromatic heterocycles. The standard InChI is InChI=1S/C24H23BClF2N5O2S/c25-17-13-30-33-22(11-21(31-24(17)33)16-6-1-2-7-18(16)26)29-12-15-5-4-10-32(14-15)36(34,35)23-19(27)8-3-9-20(23)28/h1-3,6-9,11,13,15,29H,4-5,10,12,14,25H2. The first kappa shape index (κ1) is 24.7. The summed E-state index contributed by atoms with van der Waals surface area (Å²) in [6.07, 6.45) is 3.07. The van der Waals surface area contributed by atoms with Crippen LogP contribution in [0.4, 0.5) is 14.6 Å². The van der Waals surface area contributed by atoms with Crippen molar-refractivity contribution >= 4 is 46.4 Å². The maximum absolute atomic E-state index is 14.2. The van der Waals surface area contributed by atoms with E-state index in [1.807, 2.05) is 32.1 Å². The van der Waals surface area contributed by atoms with Gasteiger partial charge in [0.25, 0.3) is 0 Å². The Morgan fingerprint density at radius 1 is 1.14 bits per heavy atom. The van der Waals surface area contributed by atoms with Gasteiger partial charge in [0.1, 0.15) is 25.3 Å². The Labute approximate surface area is 213 Å². The van der Waals surface area contributed by atoms with Crippen molar-refractivity contribution in [1.29, 1.82) is 0 Å². The highest BCUT2D eigenvalue weighted by Gasteiger charge is 2.34. The van der Waals surface area contributed by atoms with Crippen LogP contribution in [-0.4, -0.2) is 54.8 Å². The van der Waals surface area contributed by atoms with Crippen LogP contribution in [0.5, 0.6) is 0 Å². The Bertz CT molecular complexity index is 1530. The zero-order valence-electron chi connectivity index (χ0n) is 19.5. The Balaban J connectivity index is 1.39. The van der Waals surface area contributed by atoms with Crippen LogP contribution in [0, 0.1) is 17.6 Å². The van der Waals surface area contributed by atoms with Crippen molar-refractivity contribution in [2.75, 3.05) is 25.0 Å². The molecule has 0 radical (unpaired) electrons. The zero-order chi connectivity index (χ0) is 25.4. The molecular formula is C24H23BClF2N5O2S. The Morgan fingerprint density at radius 3 is 2.64 bits per heavy atom. The SMILES string of the molecule is Bc1cnn2c(NCC3CCCN(S(=O)(=O)c4c(F)cccc4F)C3)cc(-c3ccccc3Cl)nc12. The van der Waals surface area contributed by atoms with Crippen molar-refractivity contribution in [3.63, 3.8) is 0 Å². The van der Waals surface area contributed by atoms with E-state index in [9.17, 15) is 17.2 Å². The molecule has 12 heteroatoms. The number of anilines is 1. The minimum absolute atomic E-state index is 0.0769. The highest BCUT2D eigenvalue weighted by atomic mass is 35.5. The molecule has 3 heterocycles. The highest BCUT2D eigenvalue weighted by molar-refractivity contribution is 7.89. The lowest BCUT2D eigenvalue weighted by Gasteiger charge is -2.32. The number of fused-ring (bicyclic) bond motifs is 1. The lowest BCUT2D eigenvalue weighted by atomic mass is 9.99. The summed E-state index contributed by atoms with van der Waals surface area (Å²) >= 11 is 6.41. The zero-order valence-corrected chi connectivity index (χ0v) is 21.0. The van der Waals surface area contributed by atoms with Gasteiger partial charge >= 0.3 is 0 Å². The fourth-order valence-electron chi connectivity index (χ4n) is 4.52. The molecule has 0 saturated carbocycles. The molecule has 1 aliphatic heterocycles. The second-order valence-corrected chi connectivity index (χ2v) is 11.2. The van der Waals surface area contributed by atoms with Gasteiger partial charge in [0.15, 0.2) is 10.5 Å². The van der Waals surface area contributed by atoms with Crippen molar-refractivity contribution in [3.8, 4) is 11.3 Å². The third kappa shape index (κ3) is 4.58. The first-order valence-corrected chi connectivity index (χ1v) is 13.4. The molecule has 7 nitrogen and oxygen atoms in total. The average molecular weight is 530 g/mol. The molecule has 1 saturated heterocycles. The van der Waals surface area contributed by atoms with Crippen LogP contribution in [0.15, 0.2) is 59.6 Å².